The van der Waals surface area contributed by atoms with Gasteiger partial charge in [-0.1, -0.05) is 18.2 Å². The first-order valence-electron chi connectivity index (χ1n) is 6.55. The smallest absolute Gasteiger partial charge is 0.223 e. The third-order valence-corrected chi connectivity index (χ3v) is 3.18. The second-order valence-corrected chi connectivity index (χ2v) is 4.66. The van der Waals surface area contributed by atoms with Crippen LogP contribution in [-0.2, 0) is 0 Å². The largest absolute Gasteiger partial charge is 0.357 e. The number of fused-ring (bicyclic) bond motifs is 1. The van der Waals surface area contributed by atoms with Gasteiger partial charge >= 0.3 is 0 Å². The molecule has 0 aliphatic rings. The van der Waals surface area contributed by atoms with E-state index in [-0.39, 0.29) is 0 Å². The number of nitrogens with zero attached hydrogens (tertiary/aromatic N) is 4. The van der Waals surface area contributed by atoms with Crippen LogP contribution in [0.25, 0.3) is 22.2 Å². The van der Waals surface area contributed by atoms with Crippen molar-refractivity contribution in [1.29, 1.82) is 5.26 Å². The van der Waals surface area contributed by atoms with Crippen LogP contribution in [0.4, 0.5) is 5.95 Å². The quantitative estimate of drug-likeness (QED) is 0.778. The molecule has 0 fully saturated rings. The molecule has 2 aromatic heterocycles. The Morgan fingerprint density at radius 2 is 1.90 bits per heavy atom. The zero-order valence-electron chi connectivity index (χ0n) is 11.8. The number of benzene rings is 1. The number of hydrogen-bond acceptors (Lipinski definition) is 5. The van der Waals surface area contributed by atoms with Gasteiger partial charge in [0.05, 0.1) is 11.2 Å². The second kappa shape index (κ2) is 5.17. The summed E-state index contributed by atoms with van der Waals surface area (Å²) in [4.78, 5) is 13.1. The molecule has 5 nitrogen and oxygen atoms in total. The number of hydrogen-bond donors (Lipinski definition) is 1. The van der Waals surface area contributed by atoms with E-state index in [2.05, 4.69) is 26.3 Å². The molecule has 0 saturated carbocycles. The van der Waals surface area contributed by atoms with Gasteiger partial charge in [0, 0.05) is 23.7 Å². The predicted molar refractivity (Wildman–Crippen MR) is 81.8 cm³/mol. The summed E-state index contributed by atoms with van der Waals surface area (Å²) >= 11 is 0. The van der Waals surface area contributed by atoms with Crippen LogP contribution in [0.2, 0.25) is 0 Å². The highest BCUT2D eigenvalue weighted by Gasteiger charge is 2.11. The maximum Gasteiger partial charge on any atom is 0.223 e. The lowest BCUT2D eigenvalue weighted by atomic mass is 10.1. The first kappa shape index (κ1) is 13.0. The van der Waals surface area contributed by atoms with Crippen LogP contribution in [0.3, 0.4) is 0 Å². The zero-order valence-corrected chi connectivity index (χ0v) is 11.8. The fourth-order valence-electron chi connectivity index (χ4n) is 2.21. The van der Waals surface area contributed by atoms with Gasteiger partial charge < -0.3 is 5.32 Å². The summed E-state index contributed by atoms with van der Waals surface area (Å²) in [7, 11) is 1.77. The Kier molecular flexibility index (Phi) is 3.20. The summed E-state index contributed by atoms with van der Waals surface area (Å²) in [6, 6.07) is 13.7. The van der Waals surface area contributed by atoms with Gasteiger partial charge in [-0.2, -0.15) is 5.26 Å². The molecule has 0 saturated heterocycles. The monoisotopic (exact) mass is 275 g/mol. The van der Waals surface area contributed by atoms with E-state index in [4.69, 9.17) is 0 Å². The molecular formula is C16H13N5. The molecular weight excluding hydrogens is 262 g/mol. The number of anilines is 1. The van der Waals surface area contributed by atoms with Crippen LogP contribution in [0.5, 0.6) is 0 Å². The third-order valence-electron chi connectivity index (χ3n) is 3.18. The van der Waals surface area contributed by atoms with Crippen molar-refractivity contribution in [1.82, 2.24) is 15.0 Å². The van der Waals surface area contributed by atoms with Crippen LogP contribution in [0, 0.1) is 18.3 Å². The van der Waals surface area contributed by atoms with E-state index in [1.807, 2.05) is 43.3 Å². The molecule has 0 unspecified atom stereocenters. The first-order valence-corrected chi connectivity index (χ1v) is 6.55. The van der Waals surface area contributed by atoms with Crippen LogP contribution in [-0.4, -0.2) is 22.0 Å². The van der Waals surface area contributed by atoms with Gasteiger partial charge in [0.25, 0.3) is 0 Å². The van der Waals surface area contributed by atoms with E-state index >= 15 is 0 Å². The van der Waals surface area contributed by atoms with Crippen molar-refractivity contribution in [2.24, 2.45) is 0 Å². The predicted octanol–water partition coefficient (Wildman–Crippen LogP) is 2.91. The van der Waals surface area contributed by atoms with E-state index in [1.165, 1.54) is 0 Å². The average molecular weight is 275 g/mol. The van der Waals surface area contributed by atoms with Crippen molar-refractivity contribution < 1.29 is 0 Å². The molecule has 1 aromatic carbocycles. The van der Waals surface area contributed by atoms with E-state index in [9.17, 15) is 5.26 Å². The summed E-state index contributed by atoms with van der Waals surface area (Å²) in [5.41, 5.74) is 3.42. The topological polar surface area (TPSA) is 74.5 Å². The molecule has 1 N–H and O–H groups in total. The molecule has 0 amide bonds. The lowest BCUT2D eigenvalue weighted by molar-refractivity contribution is 1.10. The van der Waals surface area contributed by atoms with Crippen molar-refractivity contribution in [2.45, 2.75) is 6.92 Å². The number of pyridine rings is 1. The summed E-state index contributed by atoms with van der Waals surface area (Å²) < 4.78 is 0. The molecule has 21 heavy (non-hydrogen) atoms. The number of nitriles is 1. The molecule has 2 heterocycles. The van der Waals surface area contributed by atoms with Crippen molar-refractivity contribution in [3.63, 3.8) is 0 Å². The molecule has 5 heteroatoms. The second-order valence-electron chi connectivity index (χ2n) is 4.66. The maximum atomic E-state index is 9.36. The van der Waals surface area contributed by atoms with Crippen molar-refractivity contribution >= 4 is 16.9 Å². The fourth-order valence-corrected chi connectivity index (χ4v) is 2.21. The van der Waals surface area contributed by atoms with Gasteiger partial charge in [0.2, 0.25) is 5.95 Å². The maximum absolute atomic E-state index is 9.36. The average Bonchev–Trinajstić information content (AvgIpc) is 2.52. The van der Waals surface area contributed by atoms with E-state index in [1.54, 1.807) is 7.05 Å². The third kappa shape index (κ3) is 2.39. The Morgan fingerprint density at radius 1 is 1.10 bits per heavy atom. The van der Waals surface area contributed by atoms with Gasteiger partial charge in [-0.25, -0.2) is 15.0 Å². The zero-order chi connectivity index (χ0) is 14.8. The van der Waals surface area contributed by atoms with Crippen molar-refractivity contribution in [3.05, 3.63) is 47.8 Å². The highest BCUT2D eigenvalue weighted by atomic mass is 15.1. The minimum Gasteiger partial charge on any atom is -0.357 e. The Labute approximate surface area is 122 Å². The summed E-state index contributed by atoms with van der Waals surface area (Å²) in [6.45, 7) is 1.90. The molecule has 102 valence electrons. The SMILES string of the molecule is CNc1nc(C)cc(-c2cc3ccccc3nc2C#N)n1. The number of para-hydroxylation sites is 1. The van der Waals surface area contributed by atoms with Crippen molar-refractivity contribution in [2.75, 3.05) is 12.4 Å². The Balaban J connectivity index is 2.28. The summed E-state index contributed by atoms with van der Waals surface area (Å²) in [5.74, 6) is 0.530. The number of nitrogens with one attached hydrogen (secondary N) is 1. The van der Waals surface area contributed by atoms with Gasteiger partial charge in [0.15, 0.2) is 5.69 Å². The standard InChI is InChI=1S/C16H13N5/c1-10-7-14(21-16(18-2)19-10)12-8-11-5-3-4-6-13(11)20-15(12)9-17/h3-8H,1-2H3,(H,18,19,21). The summed E-state index contributed by atoms with van der Waals surface area (Å²) in [6.07, 6.45) is 0. The molecule has 0 bridgehead atoms. The Bertz CT molecular complexity index is 864. The molecule has 0 aliphatic carbocycles. The van der Waals surface area contributed by atoms with Crippen LogP contribution < -0.4 is 5.32 Å². The summed E-state index contributed by atoms with van der Waals surface area (Å²) in [5, 5.41) is 13.3. The molecule has 3 aromatic rings. The Morgan fingerprint density at radius 3 is 2.67 bits per heavy atom. The van der Waals surface area contributed by atoms with Crippen molar-refractivity contribution in [3.8, 4) is 17.3 Å². The lowest BCUT2D eigenvalue weighted by Crippen LogP contribution is -2.01. The lowest BCUT2D eigenvalue weighted by Gasteiger charge is -2.08. The van der Waals surface area contributed by atoms with E-state index in [0.717, 1.165) is 22.2 Å². The minimum atomic E-state index is 0.369. The fraction of sp³-hybridized carbons (Fsp3) is 0.125. The molecule has 0 atom stereocenters. The molecule has 0 radical (unpaired) electrons. The number of aryl methyl sites for hydroxylation is 1. The number of aromatic nitrogens is 3. The van der Waals surface area contributed by atoms with Gasteiger partial charge in [-0.05, 0) is 25.1 Å². The highest BCUT2D eigenvalue weighted by molar-refractivity contribution is 5.85. The Hall–Kier alpha value is -3.00. The van der Waals surface area contributed by atoms with Gasteiger partial charge in [-0.3, -0.25) is 0 Å². The highest BCUT2D eigenvalue weighted by Crippen LogP contribution is 2.26. The molecule has 0 spiro atoms. The normalized spacial score (nSPS) is 10.3. The van der Waals surface area contributed by atoms with E-state index < -0.39 is 0 Å². The van der Waals surface area contributed by atoms with E-state index in [0.29, 0.717) is 17.3 Å². The van der Waals surface area contributed by atoms with Gasteiger partial charge in [0.1, 0.15) is 6.07 Å². The minimum absolute atomic E-state index is 0.369. The van der Waals surface area contributed by atoms with Crippen LogP contribution in [0.15, 0.2) is 36.4 Å². The molecule has 0 aliphatic heterocycles. The van der Waals surface area contributed by atoms with Gasteiger partial charge in [-0.15, -0.1) is 0 Å². The molecule has 3 rings (SSSR count). The number of rotatable bonds is 2. The first-order chi connectivity index (χ1) is 10.2. The van der Waals surface area contributed by atoms with Crippen LogP contribution in [0.1, 0.15) is 11.4 Å². The van der Waals surface area contributed by atoms with Crippen LogP contribution >= 0.6 is 0 Å².